The average molecular weight is 410 g/mol. The summed E-state index contributed by atoms with van der Waals surface area (Å²) in [6.45, 7) is 5.21. The van der Waals surface area contributed by atoms with E-state index >= 15 is 0 Å². The van der Waals surface area contributed by atoms with Crippen molar-refractivity contribution in [1.82, 2.24) is 10.6 Å². The van der Waals surface area contributed by atoms with Gasteiger partial charge in [-0.2, -0.15) is 17.6 Å². The Kier molecular flexibility index (Phi) is 6.13. The summed E-state index contributed by atoms with van der Waals surface area (Å²) in [4.78, 5) is 23.8. The zero-order chi connectivity index (χ0) is 20.4. The van der Waals surface area contributed by atoms with Crippen molar-refractivity contribution >= 4 is 23.8 Å². The Labute approximate surface area is 157 Å². The molecule has 1 aliphatic heterocycles. The molecular weight excluding hydrogens is 392 g/mol. The van der Waals surface area contributed by atoms with E-state index in [1.165, 1.54) is 12.1 Å². The molecule has 1 aromatic carbocycles. The molecule has 1 fully saturated rings. The molecule has 0 spiro atoms. The van der Waals surface area contributed by atoms with Crippen LogP contribution in [0.25, 0.3) is 0 Å². The minimum Gasteiger partial charge on any atom is -0.428 e. The first-order chi connectivity index (χ1) is 12.4. The van der Waals surface area contributed by atoms with Crippen LogP contribution in [-0.4, -0.2) is 35.5 Å². The highest BCUT2D eigenvalue weighted by atomic mass is 32.2. The number of thioether (sulfide) groups is 1. The fraction of sp³-hybridized carbons (Fsp3) is 0.500. The van der Waals surface area contributed by atoms with Gasteiger partial charge in [-0.05, 0) is 38.5 Å². The summed E-state index contributed by atoms with van der Waals surface area (Å²) in [5.74, 6) is -1.07. The molecule has 150 valence electrons. The lowest BCUT2D eigenvalue weighted by molar-refractivity contribution is -0.253. The number of alkyl carbamates (subject to hydrolysis) is 1. The largest absolute Gasteiger partial charge is 0.461 e. The molecule has 0 radical (unpaired) electrons. The van der Waals surface area contributed by atoms with E-state index in [2.05, 4.69) is 15.4 Å². The first-order valence-electron chi connectivity index (χ1n) is 7.77. The molecule has 0 aromatic heterocycles. The number of hydrogen-bond acceptors (Lipinski definition) is 5. The third-order valence-electron chi connectivity index (χ3n) is 3.11. The highest BCUT2D eigenvalue weighted by Gasteiger charge is 2.44. The van der Waals surface area contributed by atoms with Gasteiger partial charge in [-0.3, -0.25) is 4.79 Å². The molecule has 0 aliphatic carbocycles. The quantitative estimate of drug-likeness (QED) is 0.725. The molecule has 1 saturated heterocycles. The van der Waals surface area contributed by atoms with Crippen LogP contribution in [0.4, 0.5) is 22.4 Å². The second kappa shape index (κ2) is 7.83. The van der Waals surface area contributed by atoms with Gasteiger partial charge < -0.3 is 20.1 Å². The summed E-state index contributed by atoms with van der Waals surface area (Å²) in [5, 5.41) is 4.34. The molecule has 6 nitrogen and oxygen atoms in total. The molecule has 1 aromatic rings. The van der Waals surface area contributed by atoms with Gasteiger partial charge in [0.25, 0.3) is 5.91 Å². The van der Waals surface area contributed by atoms with Crippen LogP contribution < -0.4 is 15.4 Å². The zero-order valence-corrected chi connectivity index (χ0v) is 15.4. The molecule has 2 atom stereocenters. The van der Waals surface area contributed by atoms with Gasteiger partial charge in [0.2, 0.25) is 5.44 Å². The van der Waals surface area contributed by atoms with Crippen LogP contribution >= 0.6 is 11.8 Å². The van der Waals surface area contributed by atoms with E-state index in [1.807, 2.05) is 0 Å². The monoisotopic (exact) mass is 410 g/mol. The van der Waals surface area contributed by atoms with E-state index in [1.54, 1.807) is 20.8 Å². The van der Waals surface area contributed by atoms with Crippen LogP contribution in [0.1, 0.15) is 31.7 Å². The van der Waals surface area contributed by atoms with Crippen LogP contribution in [0.3, 0.4) is 0 Å². The standard InChI is InChI=1S/C16H18F4N2O4S/c1-15(2,3)22-14(24)25-12-10(23)21-11(27-12)8-5-4-6-9(7-8)26-16(19,20)13(17)18/h4-7,11-13H,1-3H3,(H,21,23)(H,22,24). The van der Waals surface area contributed by atoms with E-state index in [0.717, 1.165) is 23.9 Å². The first-order valence-corrected chi connectivity index (χ1v) is 8.71. The molecule has 2 rings (SSSR count). The van der Waals surface area contributed by atoms with Gasteiger partial charge in [0.05, 0.1) is 0 Å². The fourth-order valence-electron chi connectivity index (χ4n) is 2.04. The first kappa shape index (κ1) is 21.1. The Morgan fingerprint density at radius 1 is 1.30 bits per heavy atom. The van der Waals surface area contributed by atoms with Crippen molar-refractivity contribution in [2.45, 2.75) is 49.7 Å². The maximum absolute atomic E-state index is 13.0. The predicted molar refractivity (Wildman–Crippen MR) is 89.7 cm³/mol. The van der Waals surface area contributed by atoms with Crippen molar-refractivity contribution in [2.75, 3.05) is 0 Å². The molecule has 2 amide bonds. The molecule has 1 heterocycles. The smallest absolute Gasteiger partial charge is 0.428 e. The minimum atomic E-state index is -4.64. The van der Waals surface area contributed by atoms with Gasteiger partial charge in [0, 0.05) is 5.54 Å². The van der Waals surface area contributed by atoms with Crippen molar-refractivity contribution < 1.29 is 36.6 Å². The van der Waals surface area contributed by atoms with Crippen LogP contribution in [0.15, 0.2) is 24.3 Å². The summed E-state index contributed by atoms with van der Waals surface area (Å²) in [6.07, 6.45) is -9.41. The van der Waals surface area contributed by atoms with Gasteiger partial charge >= 0.3 is 18.6 Å². The second-order valence-corrected chi connectivity index (χ2v) is 7.85. The number of rotatable bonds is 5. The summed E-state index contributed by atoms with van der Waals surface area (Å²) < 4.78 is 59.6. The van der Waals surface area contributed by atoms with Crippen LogP contribution in [0, 0.1) is 0 Å². The highest BCUT2D eigenvalue weighted by molar-refractivity contribution is 8.01. The van der Waals surface area contributed by atoms with E-state index < -0.39 is 46.6 Å². The third kappa shape index (κ3) is 5.91. The number of halogens is 4. The molecule has 2 N–H and O–H groups in total. The number of nitrogens with one attached hydrogen (secondary N) is 2. The number of benzene rings is 1. The van der Waals surface area contributed by atoms with Crippen molar-refractivity contribution in [2.24, 2.45) is 0 Å². The molecule has 1 aliphatic rings. The topological polar surface area (TPSA) is 76.7 Å². The van der Waals surface area contributed by atoms with E-state index in [-0.39, 0.29) is 0 Å². The van der Waals surface area contributed by atoms with Crippen molar-refractivity contribution in [3.8, 4) is 5.75 Å². The molecule has 0 bridgehead atoms. The summed E-state index contributed by atoms with van der Waals surface area (Å²) >= 11 is 0.924. The molecule has 0 saturated carbocycles. The third-order valence-corrected chi connectivity index (χ3v) is 4.33. The Bertz CT molecular complexity index is 712. The maximum Gasteiger partial charge on any atom is 0.461 e. The molecule has 11 heteroatoms. The lowest BCUT2D eigenvalue weighted by Gasteiger charge is -2.21. The minimum absolute atomic E-state index is 0.318. The molecular formula is C16H18F4N2O4S. The van der Waals surface area contributed by atoms with E-state index in [0.29, 0.717) is 5.56 Å². The Hall–Kier alpha value is -2.17. The van der Waals surface area contributed by atoms with Crippen molar-refractivity contribution in [3.63, 3.8) is 0 Å². The summed E-state index contributed by atoms with van der Waals surface area (Å²) in [5.41, 5.74) is -1.39. The highest BCUT2D eigenvalue weighted by Crippen LogP contribution is 2.38. The number of amides is 2. The van der Waals surface area contributed by atoms with E-state index in [9.17, 15) is 27.2 Å². The summed E-state index contributed by atoms with van der Waals surface area (Å²) in [6, 6.07) is 5.00. The second-order valence-electron chi connectivity index (χ2n) is 6.67. The zero-order valence-electron chi connectivity index (χ0n) is 14.6. The van der Waals surface area contributed by atoms with E-state index in [4.69, 9.17) is 4.74 Å². The van der Waals surface area contributed by atoms with Gasteiger partial charge in [-0.25, -0.2) is 4.79 Å². The maximum atomic E-state index is 13.0. The van der Waals surface area contributed by atoms with Crippen molar-refractivity contribution in [1.29, 1.82) is 0 Å². The van der Waals surface area contributed by atoms with Crippen LogP contribution in [0.5, 0.6) is 5.75 Å². The van der Waals surface area contributed by atoms with Gasteiger partial charge in [-0.15, -0.1) is 0 Å². The lowest BCUT2D eigenvalue weighted by atomic mass is 10.1. The molecule has 27 heavy (non-hydrogen) atoms. The number of ether oxygens (including phenoxy) is 2. The predicted octanol–water partition coefficient (Wildman–Crippen LogP) is 3.64. The van der Waals surface area contributed by atoms with Gasteiger partial charge in [-0.1, -0.05) is 23.9 Å². The lowest BCUT2D eigenvalue weighted by Crippen LogP contribution is -2.43. The Morgan fingerprint density at radius 2 is 1.96 bits per heavy atom. The number of carbonyl (C=O) groups is 2. The Morgan fingerprint density at radius 3 is 2.56 bits per heavy atom. The SMILES string of the molecule is CC(C)(C)NC(=O)OC1SC(c2cccc(OC(F)(F)C(F)F)c2)NC1=O. The number of alkyl halides is 4. The van der Waals surface area contributed by atoms with Gasteiger partial charge in [0.15, 0.2) is 0 Å². The molecule has 2 unspecified atom stereocenters. The number of hydrogen-bond donors (Lipinski definition) is 2. The van der Waals surface area contributed by atoms with Gasteiger partial charge in [0.1, 0.15) is 11.1 Å². The number of carbonyl (C=O) groups excluding carboxylic acids is 2. The Balaban J connectivity index is 2.04. The van der Waals surface area contributed by atoms with Crippen LogP contribution in [0.2, 0.25) is 0 Å². The normalized spacial score (nSPS) is 20.4. The fourth-order valence-corrected chi connectivity index (χ4v) is 3.11. The van der Waals surface area contributed by atoms with Crippen LogP contribution in [-0.2, 0) is 9.53 Å². The summed E-state index contributed by atoms with van der Waals surface area (Å²) in [7, 11) is 0. The average Bonchev–Trinajstić information content (AvgIpc) is 2.86. The van der Waals surface area contributed by atoms with Crippen molar-refractivity contribution in [3.05, 3.63) is 29.8 Å².